The summed E-state index contributed by atoms with van der Waals surface area (Å²) in [5.74, 6) is -1.78. The summed E-state index contributed by atoms with van der Waals surface area (Å²) < 4.78 is 10.4. The quantitative estimate of drug-likeness (QED) is 0.282. The van der Waals surface area contributed by atoms with Crippen LogP contribution < -0.4 is 0 Å². The molecule has 0 amide bonds. The number of ketones is 1. The van der Waals surface area contributed by atoms with E-state index < -0.39 is 35.5 Å². The molecule has 0 bridgehead atoms. The minimum absolute atomic E-state index is 0.346. The predicted molar refractivity (Wildman–Crippen MR) is 116 cm³/mol. The summed E-state index contributed by atoms with van der Waals surface area (Å²) in [5.41, 5.74) is -2.05. The van der Waals surface area contributed by atoms with Gasteiger partial charge in [0, 0.05) is 13.8 Å². The van der Waals surface area contributed by atoms with Crippen molar-refractivity contribution in [2.45, 2.75) is 122 Å². The van der Waals surface area contributed by atoms with E-state index in [0.717, 1.165) is 25.7 Å². The summed E-state index contributed by atoms with van der Waals surface area (Å²) in [6, 6.07) is 0. The highest BCUT2D eigenvalue weighted by Crippen LogP contribution is 2.32. The molecule has 30 heavy (non-hydrogen) atoms. The maximum absolute atomic E-state index is 12.3. The molecule has 0 aromatic carbocycles. The number of aliphatic hydroxyl groups is 1. The van der Waals surface area contributed by atoms with Crippen LogP contribution in [0.25, 0.3) is 0 Å². The zero-order valence-corrected chi connectivity index (χ0v) is 19.0. The first-order chi connectivity index (χ1) is 14.3. The van der Waals surface area contributed by atoms with Crippen molar-refractivity contribution < 1.29 is 29.0 Å². The van der Waals surface area contributed by atoms with Gasteiger partial charge in [-0.25, -0.2) is 0 Å². The Bertz CT molecular complexity index is 570. The highest BCUT2D eigenvalue weighted by molar-refractivity contribution is 6.01. The van der Waals surface area contributed by atoms with Crippen molar-refractivity contribution in [2.24, 2.45) is 0 Å². The van der Waals surface area contributed by atoms with Crippen LogP contribution in [0.5, 0.6) is 0 Å². The van der Waals surface area contributed by atoms with Gasteiger partial charge in [-0.2, -0.15) is 0 Å². The molecule has 0 fully saturated rings. The number of hydrogen-bond donors (Lipinski definition) is 1. The molecule has 0 radical (unpaired) electrons. The van der Waals surface area contributed by atoms with Gasteiger partial charge in [0.05, 0.1) is 0 Å². The van der Waals surface area contributed by atoms with E-state index in [1.807, 2.05) is 0 Å². The molecule has 0 heterocycles. The van der Waals surface area contributed by atoms with Crippen LogP contribution in [-0.4, -0.2) is 40.6 Å². The molecule has 1 N–H and O–H groups in total. The lowest BCUT2D eigenvalue weighted by Crippen LogP contribution is -2.56. The molecule has 0 aliphatic heterocycles. The fourth-order valence-electron chi connectivity index (χ4n) is 3.98. The molecule has 0 spiro atoms. The minimum atomic E-state index is -2.05. The maximum atomic E-state index is 12.3. The van der Waals surface area contributed by atoms with Crippen LogP contribution in [0.3, 0.4) is 0 Å². The molecule has 1 aliphatic carbocycles. The summed E-state index contributed by atoms with van der Waals surface area (Å²) >= 11 is 0. The van der Waals surface area contributed by atoms with E-state index in [1.54, 1.807) is 0 Å². The number of ether oxygens (including phenoxy) is 2. The lowest BCUT2D eigenvalue weighted by atomic mass is 9.87. The Labute approximate surface area is 181 Å². The molecule has 0 saturated carbocycles. The topological polar surface area (TPSA) is 89.9 Å². The average molecular weight is 425 g/mol. The van der Waals surface area contributed by atoms with E-state index in [4.69, 9.17) is 9.47 Å². The van der Waals surface area contributed by atoms with Crippen LogP contribution in [-0.2, 0) is 23.9 Å². The third-order valence-corrected chi connectivity index (χ3v) is 5.66. The summed E-state index contributed by atoms with van der Waals surface area (Å²) in [6.07, 6.45) is 15.0. The van der Waals surface area contributed by atoms with Gasteiger partial charge in [-0.3, -0.25) is 14.4 Å². The lowest BCUT2D eigenvalue weighted by Gasteiger charge is -2.34. The molecule has 172 valence electrons. The molecule has 6 heteroatoms. The summed E-state index contributed by atoms with van der Waals surface area (Å²) in [4.78, 5) is 35.2. The molecular weight excluding hydrogens is 384 g/mol. The van der Waals surface area contributed by atoms with Gasteiger partial charge >= 0.3 is 11.9 Å². The predicted octanol–water partition coefficient (Wildman–Crippen LogP) is 4.81. The molecular formula is C24H40O6. The molecule has 0 aromatic rings. The first kappa shape index (κ1) is 26.3. The third kappa shape index (κ3) is 8.99. The number of carbonyl (C=O) groups excluding carboxylic acids is 3. The molecule has 0 aromatic heterocycles. The van der Waals surface area contributed by atoms with Crippen LogP contribution in [0.2, 0.25) is 0 Å². The Balaban J connectivity index is 2.36. The van der Waals surface area contributed by atoms with Crippen molar-refractivity contribution in [3.63, 3.8) is 0 Å². The molecule has 6 nitrogen and oxygen atoms in total. The van der Waals surface area contributed by atoms with Gasteiger partial charge in [-0.1, -0.05) is 77.6 Å². The molecule has 3 atom stereocenters. The van der Waals surface area contributed by atoms with Gasteiger partial charge in [0.25, 0.3) is 0 Å². The number of carbonyl (C=O) groups is 3. The van der Waals surface area contributed by atoms with Gasteiger partial charge in [0.15, 0.2) is 11.9 Å². The second kappa shape index (κ2) is 14.3. The Morgan fingerprint density at radius 2 is 1.43 bits per heavy atom. The molecule has 1 aliphatic rings. The van der Waals surface area contributed by atoms with Gasteiger partial charge in [-0.05, 0) is 25.0 Å². The van der Waals surface area contributed by atoms with E-state index in [1.165, 1.54) is 77.4 Å². The summed E-state index contributed by atoms with van der Waals surface area (Å²) in [7, 11) is 0. The normalized spacial score (nSPS) is 21.6. The standard InChI is InChI=1S/C24H40O6/c1-4-5-6-7-8-9-10-11-12-13-14-15-16-22(29-19(2)25)24(28)21(27)17-18-23(24)30-20(3)26/h17-18,22-23,28H,4-16H2,1-3H3/t22?,23?,24-/m0/s1. The zero-order chi connectivity index (χ0) is 22.4. The van der Waals surface area contributed by atoms with Gasteiger partial charge in [0.1, 0.15) is 6.10 Å². The van der Waals surface area contributed by atoms with Gasteiger partial charge in [0.2, 0.25) is 5.60 Å². The smallest absolute Gasteiger partial charge is 0.303 e. The van der Waals surface area contributed by atoms with Crippen molar-refractivity contribution in [3.05, 3.63) is 12.2 Å². The van der Waals surface area contributed by atoms with Crippen LogP contribution in [0.1, 0.15) is 104 Å². The second-order valence-electron chi connectivity index (χ2n) is 8.35. The van der Waals surface area contributed by atoms with Crippen molar-refractivity contribution in [3.8, 4) is 0 Å². The highest BCUT2D eigenvalue weighted by Gasteiger charge is 2.54. The number of esters is 2. The highest BCUT2D eigenvalue weighted by atomic mass is 16.6. The van der Waals surface area contributed by atoms with Crippen molar-refractivity contribution in [1.82, 2.24) is 0 Å². The Morgan fingerprint density at radius 1 is 0.933 bits per heavy atom. The minimum Gasteiger partial charge on any atom is -0.459 e. The van der Waals surface area contributed by atoms with E-state index >= 15 is 0 Å². The average Bonchev–Trinajstić information content (AvgIpc) is 2.96. The van der Waals surface area contributed by atoms with Crippen LogP contribution in [0, 0.1) is 0 Å². The van der Waals surface area contributed by atoms with E-state index in [-0.39, 0.29) is 0 Å². The fourth-order valence-corrected chi connectivity index (χ4v) is 3.98. The largest absolute Gasteiger partial charge is 0.459 e. The van der Waals surface area contributed by atoms with E-state index in [2.05, 4.69) is 6.92 Å². The molecule has 2 unspecified atom stereocenters. The SMILES string of the molecule is CCCCCCCCCCCCCCC(OC(C)=O)[C@@]1(O)C(=O)C=CC1OC(C)=O. The van der Waals surface area contributed by atoms with Crippen molar-refractivity contribution in [2.75, 3.05) is 0 Å². The van der Waals surface area contributed by atoms with Crippen LogP contribution >= 0.6 is 0 Å². The second-order valence-corrected chi connectivity index (χ2v) is 8.35. The Hall–Kier alpha value is -1.69. The first-order valence-electron chi connectivity index (χ1n) is 11.6. The Kier molecular flexibility index (Phi) is 12.6. The fraction of sp³-hybridized carbons (Fsp3) is 0.792. The number of unbranched alkanes of at least 4 members (excludes halogenated alkanes) is 11. The third-order valence-electron chi connectivity index (χ3n) is 5.66. The van der Waals surface area contributed by atoms with E-state index in [0.29, 0.717) is 6.42 Å². The summed E-state index contributed by atoms with van der Waals surface area (Å²) in [6.45, 7) is 4.69. The lowest BCUT2D eigenvalue weighted by molar-refractivity contribution is -0.186. The Morgan fingerprint density at radius 3 is 1.90 bits per heavy atom. The number of rotatable bonds is 16. The molecule has 1 rings (SSSR count). The molecule has 0 saturated heterocycles. The van der Waals surface area contributed by atoms with E-state index in [9.17, 15) is 19.5 Å². The maximum Gasteiger partial charge on any atom is 0.303 e. The zero-order valence-electron chi connectivity index (χ0n) is 19.0. The van der Waals surface area contributed by atoms with Crippen LogP contribution in [0.4, 0.5) is 0 Å². The first-order valence-corrected chi connectivity index (χ1v) is 11.6. The van der Waals surface area contributed by atoms with Crippen molar-refractivity contribution in [1.29, 1.82) is 0 Å². The number of hydrogen-bond acceptors (Lipinski definition) is 6. The van der Waals surface area contributed by atoms with Gasteiger partial charge in [-0.15, -0.1) is 0 Å². The monoisotopic (exact) mass is 424 g/mol. The van der Waals surface area contributed by atoms with Crippen molar-refractivity contribution >= 4 is 17.7 Å². The summed E-state index contributed by atoms with van der Waals surface area (Å²) in [5, 5.41) is 11.0. The van der Waals surface area contributed by atoms with Crippen LogP contribution in [0.15, 0.2) is 12.2 Å². The van der Waals surface area contributed by atoms with Gasteiger partial charge < -0.3 is 14.6 Å².